The summed E-state index contributed by atoms with van der Waals surface area (Å²) in [6.45, 7) is 3.52. The van der Waals surface area contributed by atoms with Crippen LogP contribution >= 0.6 is 0 Å². The number of rotatable bonds is 19. The lowest BCUT2D eigenvalue weighted by Crippen LogP contribution is -2.68. The van der Waals surface area contributed by atoms with E-state index in [0.29, 0.717) is 6.42 Å². The average molecular weight is 807 g/mol. The lowest BCUT2D eigenvalue weighted by molar-refractivity contribution is -0.393. The Morgan fingerprint density at radius 2 is 1.45 bits per heavy atom. The van der Waals surface area contributed by atoms with Gasteiger partial charge >= 0.3 is 0 Å². The third kappa shape index (κ3) is 11.2. The minimum atomic E-state index is -1.75. The van der Waals surface area contributed by atoms with Gasteiger partial charge in [0.1, 0.15) is 66.7 Å². The second kappa shape index (κ2) is 21.0. The fourth-order valence-electron chi connectivity index (χ4n) is 6.79. The molecule has 15 atom stereocenters. The lowest BCUT2D eigenvalue weighted by Gasteiger charge is -2.48. The number of aliphatic hydroxyl groups excluding tert-OH is 7. The molecule has 3 fully saturated rings. The maximum atomic E-state index is 12.1. The SMILES string of the molecule is CCCCCCCCO[C@@H]1O[C@H](CO[C@H]2O[C@H](C)[C@@H](Nc3ccc([N+](=O)[O-])cc3[N+](=O)[O-])[C@H](O)[C@@H]2O[C@@H]2O[C@H](CO)[C@@H](O)[C@H](O)[C@H]2NC(C)=O)[C@@H](O)[C@H](O)[C@H]1O. The fraction of sp³-hybridized carbons (Fsp3) is 0.794. The normalized spacial score (nSPS) is 36.1. The number of benzene rings is 1. The van der Waals surface area contributed by atoms with Gasteiger partial charge in [-0.3, -0.25) is 25.0 Å². The van der Waals surface area contributed by atoms with E-state index in [1.165, 1.54) is 6.92 Å². The molecule has 318 valence electrons. The zero-order valence-corrected chi connectivity index (χ0v) is 31.3. The number of nitrogens with zero attached hydrogens (tertiary/aromatic N) is 2. The molecule has 22 heteroatoms. The van der Waals surface area contributed by atoms with Crippen LogP contribution in [-0.4, -0.2) is 163 Å². The van der Waals surface area contributed by atoms with Crippen molar-refractivity contribution in [3.05, 3.63) is 38.4 Å². The molecule has 0 aliphatic carbocycles. The number of hydrogen-bond acceptors (Lipinski definition) is 19. The van der Waals surface area contributed by atoms with Crippen LogP contribution in [0, 0.1) is 20.2 Å². The Labute approximate surface area is 321 Å². The molecule has 0 bridgehead atoms. The Hall–Kier alpha value is -3.23. The van der Waals surface area contributed by atoms with E-state index in [4.69, 9.17) is 28.4 Å². The molecule has 3 saturated heterocycles. The van der Waals surface area contributed by atoms with E-state index in [1.54, 1.807) is 0 Å². The quantitative estimate of drug-likeness (QED) is 0.0456. The number of anilines is 1. The minimum Gasteiger partial charge on any atom is -0.394 e. The Balaban J connectivity index is 1.58. The van der Waals surface area contributed by atoms with Crippen LogP contribution in [-0.2, 0) is 33.2 Å². The van der Waals surface area contributed by atoms with E-state index in [9.17, 15) is 60.8 Å². The molecule has 0 radical (unpaired) electrons. The smallest absolute Gasteiger partial charge is 0.299 e. The summed E-state index contributed by atoms with van der Waals surface area (Å²) in [5.41, 5.74) is -1.50. The van der Waals surface area contributed by atoms with E-state index in [2.05, 4.69) is 17.6 Å². The van der Waals surface area contributed by atoms with E-state index in [-0.39, 0.29) is 12.3 Å². The first-order valence-electron chi connectivity index (χ1n) is 18.6. The lowest BCUT2D eigenvalue weighted by atomic mass is 9.94. The molecule has 1 amide bonds. The molecule has 0 spiro atoms. The summed E-state index contributed by atoms with van der Waals surface area (Å²) in [4.78, 5) is 33.6. The van der Waals surface area contributed by atoms with Crippen molar-refractivity contribution >= 4 is 23.0 Å². The molecule has 0 unspecified atom stereocenters. The van der Waals surface area contributed by atoms with Gasteiger partial charge in [-0.25, -0.2) is 0 Å². The Morgan fingerprint density at radius 3 is 2.09 bits per heavy atom. The molecule has 0 saturated carbocycles. The summed E-state index contributed by atoms with van der Waals surface area (Å²) < 4.78 is 35.3. The number of ether oxygens (including phenoxy) is 6. The molecule has 0 aromatic heterocycles. The molecule has 9 N–H and O–H groups in total. The number of carbonyl (C=O) groups excluding carboxylic acids is 1. The number of hydrogen-bond donors (Lipinski definition) is 9. The number of unbranched alkanes of at least 4 members (excludes halogenated alkanes) is 5. The second-order valence-electron chi connectivity index (χ2n) is 14.1. The summed E-state index contributed by atoms with van der Waals surface area (Å²) in [5.74, 6) is -0.676. The van der Waals surface area contributed by atoms with Crippen LogP contribution in [0.5, 0.6) is 0 Å². The third-order valence-electron chi connectivity index (χ3n) is 9.95. The Bertz CT molecular complexity index is 1450. The topological polar surface area (TPSA) is 324 Å². The predicted molar refractivity (Wildman–Crippen MR) is 190 cm³/mol. The molecule has 1 aromatic carbocycles. The van der Waals surface area contributed by atoms with Gasteiger partial charge in [0.05, 0.1) is 41.3 Å². The van der Waals surface area contributed by atoms with Crippen molar-refractivity contribution in [2.75, 3.05) is 25.1 Å². The number of nitro groups is 2. The minimum absolute atomic E-state index is 0.198. The Morgan fingerprint density at radius 1 is 0.786 bits per heavy atom. The van der Waals surface area contributed by atoms with Crippen molar-refractivity contribution in [1.82, 2.24) is 5.32 Å². The first kappa shape index (κ1) is 45.5. The number of non-ortho nitro benzene ring substituents is 1. The Kier molecular flexibility index (Phi) is 17.0. The summed E-state index contributed by atoms with van der Waals surface area (Å²) in [7, 11) is 0. The summed E-state index contributed by atoms with van der Waals surface area (Å²) >= 11 is 0. The van der Waals surface area contributed by atoms with Crippen LogP contribution in [0.25, 0.3) is 0 Å². The van der Waals surface area contributed by atoms with E-state index in [1.807, 2.05) is 0 Å². The van der Waals surface area contributed by atoms with Gasteiger partial charge in [-0.15, -0.1) is 0 Å². The van der Waals surface area contributed by atoms with Crippen molar-refractivity contribution in [2.24, 2.45) is 0 Å². The van der Waals surface area contributed by atoms with Gasteiger partial charge in [-0.2, -0.15) is 0 Å². The fourth-order valence-corrected chi connectivity index (χ4v) is 6.79. The van der Waals surface area contributed by atoms with Crippen LogP contribution in [0.3, 0.4) is 0 Å². The summed E-state index contributed by atoms with van der Waals surface area (Å²) in [6.07, 6.45) is -14.5. The highest BCUT2D eigenvalue weighted by Crippen LogP contribution is 2.35. The molecule has 1 aromatic rings. The molecule has 3 aliphatic heterocycles. The third-order valence-corrected chi connectivity index (χ3v) is 9.95. The van der Waals surface area contributed by atoms with Gasteiger partial charge < -0.3 is 74.8 Å². The second-order valence-corrected chi connectivity index (χ2v) is 14.1. The highest BCUT2D eigenvalue weighted by molar-refractivity contribution is 5.73. The number of amides is 1. The van der Waals surface area contributed by atoms with Crippen molar-refractivity contribution < 1.29 is 78.8 Å². The monoisotopic (exact) mass is 806 g/mol. The highest BCUT2D eigenvalue weighted by atomic mass is 16.8. The summed E-state index contributed by atoms with van der Waals surface area (Å²) in [6, 6.07) is 0.0482. The number of carbonyl (C=O) groups is 1. The number of aliphatic hydroxyl groups is 7. The average Bonchev–Trinajstić information content (AvgIpc) is 3.16. The first-order chi connectivity index (χ1) is 26.6. The highest BCUT2D eigenvalue weighted by Gasteiger charge is 2.52. The molecule has 22 nitrogen and oxygen atoms in total. The van der Waals surface area contributed by atoms with Crippen molar-refractivity contribution in [3.8, 4) is 0 Å². The van der Waals surface area contributed by atoms with Crippen molar-refractivity contribution in [2.45, 2.75) is 151 Å². The number of nitro benzene ring substituents is 2. The molecular formula is C34H54N4O18. The van der Waals surface area contributed by atoms with Gasteiger partial charge in [0.2, 0.25) is 5.91 Å². The van der Waals surface area contributed by atoms with Gasteiger partial charge in [-0.05, 0) is 19.4 Å². The maximum Gasteiger partial charge on any atom is 0.299 e. The zero-order chi connectivity index (χ0) is 41.3. The van der Waals surface area contributed by atoms with Gasteiger partial charge in [0.15, 0.2) is 18.9 Å². The van der Waals surface area contributed by atoms with Crippen molar-refractivity contribution in [3.63, 3.8) is 0 Å². The maximum absolute atomic E-state index is 12.1. The predicted octanol–water partition coefficient (Wildman–Crippen LogP) is -1.08. The first-order valence-corrected chi connectivity index (χ1v) is 18.6. The molecule has 56 heavy (non-hydrogen) atoms. The van der Waals surface area contributed by atoms with Crippen LogP contribution < -0.4 is 10.6 Å². The van der Waals surface area contributed by atoms with Gasteiger partial charge in [0, 0.05) is 19.6 Å². The van der Waals surface area contributed by atoms with Gasteiger partial charge in [-0.1, -0.05) is 39.0 Å². The van der Waals surface area contributed by atoms with Crippen LogP contribution in [0.1, 0.15) is 59.3 Å². The van der Waals surface area contributed by atoms with Crippen LogP contribution in [0.15, 0.2) is 18.2 Å². The largest absolute Gasteiger partial charge is 0.394 e. The molecule has 4 rings (SSSR count). The van der Waals surface area contributed by atoms with E-state index in [0.717, 1.165) is 57.2 Å². The zero-order valence-electron chi connectivity index (χ0n) is 31.3. The molecule has 3 aliphatic rings. The van der Waals surface area contributed by atoms with E-state index < -0.39 is 132 Å². The van der Waals surface area contributed by atoms with E-state index >= 15 is 0 Å². The molecule has 3 heterocycles. The standard InChI is InChI=1S/C34H54N4O18/c1-4-5-6-7-8-9-12-51-33-30(46)29(45)26(42)22(55-33)15-52-34-31(56-32-24(35-17(3)40)27(43)25(41)21(14-39)54-32)28(44)23(16(2)53-34)36-19-11-10-18(37(47)48)13-20(19)38(49)50/h10-11,13,16,21-34,36,39,41-46H,4-9,12,14-15H2,1-3H3,(H,35,40)/t16-,21-,22-,23-,24-,25-,26-,27-,28+,29+,30-,31+,32+,33-,34+/m1/s1. The molecular weight excluding hydrogens is 752 g/mol. The van der Waals surface area contributed by atoms with Crippen molar-refractivity contribution in [1.29, 1.82) is 0 Å². The summed E-state index contributed by atoms with van der Waals surface area (Å²) in [5, 5.41) is 103. The van der Waals surface area contributed by atoms with Crippen LogP contribution in [0.4, 0.5) is 17.1 Å². The van der Waals surface area contributed by atoms with Crippen LogP contribution in [0.2, 0.25) is 0 Å². The van der Waals surface area contributed by atoms with Gasteiger partial charge in [0.25, 0.3) is 11.4 Å². The number of nitrogens with one attached hydrogen (secondary N) is 2.